The van der Waals surface area contributed by atoms with Gasteiger partial charge in [0.15, 0.2) is 5.11 Å². The van der Waals surface area contributed by atoms with E-state index in [1.807, 2.05) is 24.3 Å². The quantitative estimate of drug-likeness (QED) is 0.677. The fourth-order valence-electron chi connectivity index (χ4n) is 4.62. The summed E-state index contributed by atoms with van der Waals surface area (Å²) in [7, 11) is 0. The van der Waals surface area contributed by atoms with Crippen LogP contribution < -0.4 is 0 Å². The van der Waals surface area contributed by atoms with Gasteiger partial charge in [-0.3, -0.25) is 9.69 Å². The molecule has 2 aromatic carbocycles. The number of fused-ring (bicyclic) bond motifs is 4. The molecular formula is C22H21N3OS. The Hall–Kier alpha value is -2.66. The highest BCUT2D eigenvalue weighted by Gasteiger charge is 2.50. The number of hydrogen-bond donors (Lipinski definition) is 1. The van der Waals surface area contributed by atoms with Crippen molar-refractivity contribution in [1.82, 2.24) is 14.8 Å². The zero-order valence-corrected chi connectivity index (χ0v) is 16.2. The number of nitrogens with zero attached hydrogens (tertiary/aromatic N) is 2. The molecule has 1 saturated heterocycles. The third-order valence-electron chi connectivity index (χ3n) is 6.03. The van der Waals surface area contributed by atoms with Crippen LogP contribution in [0.5, 0.6) is 0 Å². The van der Waals surface area contributed by atoms with Gasteiger partial charge in [-0.25, -0.2) is 0 Å². The van der Waals surface area contributed by atoms with Gasteiger partial charge in [-0.05, 0) is 43.3 Å². The highest BCUT2D eigenvalue weighted by Crippen LogP contribution is 2.42. The minimum absolute atomic E-state index is 0.0515. The number of carbonyl (C=O) groups excluding carboxylic acids is 1. The zero-order valence-electron chi connectivity index (χ0n) is 15.3. The van der Waals surface area contributed by atoms with E-state index in [0.717, 1.165) is 11.1 Å². The van der Waals surface area contributed by atoms with E-state index in [1.54, 1.807) is 4.90 Å². The molecule has 4 nitrogen and oxygen atoms in total. The van der Waals surface area contributed by atoms with Crippen LogP contribution in [0, 0.1) is 0 Å². The van der Waals surface area contributed by atoms with Crippen LogP contribution in [0.2, 0.25) is 0 Å². The first-order chi connectivity index (χ1) is 13.1. The van der Waals surface area contributed by atoms with Crippen molar-refractivity contribution < 1.29 is 4.79 Å². The number of aromatic amines is 1. The Kier molecular flexibility index (Phi) is 3.62. The van der Waals surface area contributed by atoms with Gasteiger partial charge in [-0.15, -0.1) is 0 Å². The molecule has 0 bridgehead atoms. The Morgan fingerprint density at radius 2 is 1.81 bits per heavy atom. The van der Waals surface area contributed by atoms with Crippen molar-refractivity contribution in [3.8, 4) is 0 Å². The first-order valence-electron chi connectivity index (χ1n) is 9.37. The number of carbonyl (C=O) groups is 1. The molecule has 1 N–H and O–H groups in total. The van der Waals surface area contributed by atoms with Crippen molar-refractivity contribution in [1.29, 1.82) is 0 Å². The minimum Gasteiger partial charge on any atom is -0.356 e. The molecule has 1 fully saturated rings. The Labute approximate surface area is 163 Å². The number of aromatic nitrogens is 1. The van der Waals surface area contributed by atoms with Crippen LogP contribution in [0.4, 0.5) is 0 Å². The summed E-state index contributed by atoms with van der Waals surface area (Å²) >= 11 is 5.80. The van der Waals surface area contributed by atoms with E-state index in [-0.39, 0.29) is 24.0 Å². The molecule has 0 unspecified atom stereocenters. The molecule has 5 heteroatoms. The van der Waals surface area contributed by atoms with Gasteiger partial charge in [0.05, 0.1) is 12.1 Å². The van der Waals surface area contributed by atoms with E-state index in [1.165, 1.54) is 16.6 Å². The number of amides is 1. The number of rotatable bonds is 2. The van der Waals surface area contributed by atoms with Gasteiger partial charge < -0.3 is 9.88 Å². The third-order valence-corrected chi connectivity index (χ3v) is 6.44. The first kappa shape index (κ1) is 16.5. The maximum atomic E-state index is 13.4. The number of para-hydroxylation sites is 1. The summed E-state index contributed by atoms with van der Waals surface area (Å²) in [5.74, 6) is 0.110. The Morgan fingerprint density at radius 1 is 1.11 bits per heavy atom. The molecule has 0 saturated carbocycles. The summed E-state index contributed by atoms with van der Waals surface area (Å²) in [6, 6.07) is 18.2. The predicted molar refractivity (Wildman–Crippen MR) is 110 cm³/mol. The van der Waals surface area contributed by atoms with Crippen LogP contribution in [0.3, 0.4) is 0 Å². The van der Waals surface area contributed by atoms with Crippen LogP contribution in [0.1, 0.15) is 42.8 Å². The summed E-state index contributed by atoms with van der Waals surface area (Å²) in [5, 5.41) is 1.85. The topological polar surface area (TPSA) is 39.3 Å². The van der Waals surface area contributed by atoms with Gasteiger partial charge in [0.25, 0.3) is 5.91 Å². The molecule has 3 heterocycles. The highest BCUT2D eigenvalue weighted by molar-refractivity contribution is 7.80. The summed E-state index contributed by atoms with van der Waals surface area (Å²) in [5.41, 5.74) is 4.66. The minimum atomic E-state index is -0.217. The number of thiocarbonyl (C=S) groups is 1. The van der Waals surface area contributed by atoms with E-state index in [2.05, 4.69) is 54.1 Å². The average Bonchev–Trinajstić information content (AvgIpc) is 3.18. The summed E-state index contributed by atoms with van der Waals surface area (Å²) in [4.78, 5) is 20.8. The summed E-state index contributed by atoms with van der Waals surface area (Å²) < 4.78 is 0. The molecule has 2 aliphatic heterocycles. The molecule has 3 atom stereocenters. The van der Waals surface area contributed by atoms with Gasteiger partial charge >= 0.3 is 0 Å². The van der Waals surface area contributed by atoms with Crippen molar-refractivity contribution in [3.05, 3.63) is 71.4 Å². The Bertz CT molecular complexity index is 1060. The monoisotopic (exact) mass is 375 g/mol. The van der Waals surface area contributed by atoms with Gasteiger partial charge in [0.1, 0.15) is 6.04 Å². The zero-order chi connectivity index (χ0) is 18.7. The maximum Gasteiger partial charge on any atom is 0.252 e. The Balaban J connectivity index is 1.55. The lowest BCUT2D eigenvalue weighted by Gasteiger charge is -2.35. The van der Waals surface area contributed by atoms with Gasteiger partial charge in [-0.2, -0.15) is 0 Å². The normalized spacial score (nSPS) is 22.9. The first-order valence-corrected chi connectivity index (χ1v) is 9.78. The lowest BCUT2D eigenvalue weighted by Crippen LogP contribution is -2.42. The summed E-state index contributed by atoms with van der Waals surface area (Å²) in [6.45, 7) is 4.19. The van der Waals surface area contributed by atoms with Crippen molar-refractivity contribution in [2.45, 2.75) is 38.4 Å². The van der Waals surface area contributed by atoms with Gasteiger partial charge in [0, 0.05) is 23.0 Å². The Morgan fingerprint density at radius 3 is 2.59 bits per heavy atom. The largest absolute Gasteiger partial charge is 0.356 e. The van der Waals surface area contributed by atoms with E-state index in [0.29, 0.717) is 11.5 Å². The van der Waals surface area contributed by atoms with Crippen LogP contribution in [-0.4, -0.2) is 31.8 Å². The van der Waals surface area contributed by atoms with Gasteiger partial charge in [-0.1, -0.05) is 48.5 Å². The fourth-order valence-corrected chi connectivity index (χ4v) is 5.15. The lowest BCUT2D eigenvalue weighted by atomic mass is 9.93. The molecule has 3 aromatic rings. The van der Waals surface area contributed by atoms with E-state index < -0.39 is 0 Å². The third kappa shape index (κ3) is 2.28. The smallest absolute Gasteiger partial charge is 0.252 e. The van der Waals surface area contributed by atoms with Crippen LogP contribution in [0.25, 0.3) is 10.9 Å². The van der Waals surface area contributed by atoms with Crippen LogP contribution >= 0.6 is 12.2 Å². The fraction of sp³-hybridized carbons (Fsp3) is 0.273. The van der Waals surface area contributed by atoms with E-state index in [4.69, 9.17) is 12.2 Å². The predicted octanol–water partition coefficient (Wildman–Crippen LogP) is 4.34. The van der Waals surface area contributed by atoms with E-state index >= 15 is 0 Å². The molecule has 5 rings (SSSR count). The number of nitrogens with one attached hydrogen (secondary N) is 1. The second kappa shape index (κ2) is 5.92. The average molecular weight is 375 g/mol. The molecule has 2 aliphatic rings. The molecule has 136 valence electrons. The van der Waals surface area contributed by atoms with Crippen molar-refractivity contribution in [2.75, 3.05) is 0 Å². The second-order valence-electron chi connectivity index (χ2n) is 7.44. The maximum absolute atomic E-state index is 13.4. The molecule has 0 radical (unpaired) electrons. The highest BCUT2D eigenvalue weighted by atomic mass is 32.1. The second-order valence-corrected chi connectivity index (χ2v) is 7.81. The standard InChI is InChI=1S/C22H21N3OS/c1-13(15-8-4-3-5-9-15)25-21(26)19-12-17-16-10-6-7-11-18(16)23-20(17)14(2)24(19)22(25)27/h3-11,13-14,19,23H,12H2,1-2H3/t13-,14-,19-/m1/s1. The van der Waals surface area contributed by atoms with Crippen molar-refractivity contribution >= 4 is 34.1 Å². The number of benzene rings is 2. The van der Waals surface area contributed by atoms with Crippen molar-refractivity contribution in [3.63, 3.8) is 0 Å². The van der Waals surface area contributed by atoms with Crippen LogP contribution in [0.15, 0.2) is 54.6 Å². The molecule has 0 spiro atoms. The number of H-pyrrole nitrogens is 1. The molecule has 0 aliphatic carbocycles. The van der Waals surface area contributed by atoms with Crippen molar-refractivity contribution in [2.24, 2.45) is 0 Å². The molecular weight excluding hydrogens is 354 g/mol. The number of hydrogen-bond acceptors (Lipinski definition) is 2. The molecule has 27 heavy (non-hydrogen) atoms. The summed E-state index contributed by atoms with van der Waals surface area (Å²) in [6.07, 6.45) is 0.695. The van der Waals surface area contributed by atoms with E-state index in [9.17, 15) is 4.79 Å². The molecule has 1 aromatic heterocycles. The lowest BCUT2D eigenvalue weighted by molar-refractivity contribution is -0.129. The van der Waals surface area contributed by atoms with Gasteiger partial charge in [0.2, 0.25) is 0 Å². The van der Waals surface area contributed by atoms with Crippen LogP contribution in [-0.2, 0) is 11.2 Å². The molecule has 1 amide bonds. The SMILES string of the molecule is C[C@H](c1ccccc1)N1C(=O)[C@H]2Cc3c([nH]c4ccccc34)[C@@H](C)N2C1=S.